The van der Waals surface area contributed by atoms with Gasteiger partial charge in [-0.2, -0.15) is 0 Å². The second-order valence-electron chi connectivity index (χ2n) is 11.8. The lowest BCUT2D eigenvalue weighted by Gasteiger charge is -2.34. The van der Waals surface area contributed by atoms with Gasteiger partial charge in [-0.1, -0.05) is 103 Å². The number of benzene rings is 4. The molecular weight excluding hydrogens is 641 g/mol. The highest BCUT2D eigenvalue weighted by Crippen LogP contribution is 2.30. The first kappa shape index (κ1) is 35.0. The molecule has 4 aromatic carbocycles. The van der Waals surface area contributed by atoms with Gasteiger partial charge >= 0.3 is 0 Å². The highest BCUT2D eigenvalue weighted by atomic mass is 35.5. The summed E-state index contributed by atoms with van der Waals surface area (Å²) in [7, 11) is -4.24. The summed E-state index contributed by atoms with van der Waals surface area (Å²) in [5.41, 5.74) is 3.33. The second kappa shape index (κ2) is 15.6. The molecule has 0 fully saturated rings. The van der Waals surface area contributed by atoms with Gasteiger partial charge in [0, 0.05) is 29.6 Å². The summed E-state index contributed by atoms with van der Waals surface area (Å²) in [6, 6.07) is 26.9. The first-order valence-corrected chi connectivity index (χ1v) is 17.3. The third-order valence-corrected chi connectivity index (χ3v) is 9.77. The third kappa shape index (κ3) is 9.12. The van der Waals surface area contributed by atoms with Crippen LogP contribution in [0, 0.1) is 19.8 Å². The Morgan fingerprint density at radius 2 is 1.46 bits per heavy atom. The molecule has 0 radical (unpaired) electrons. The molecule has 0 spiro atoms. The van der Waals surface area contributed by atoms with Crippen LogP contribution in [0.25, 0.3) is 0 Å². The topological polar surface area (TPSA) is 86.8 Å². The Labute approximate surface area is 282 Å². The quantitative estimate of drug-likeness (QED) is 0.162. The lowest BCUT2D eigenvalue weighted by molar-refractivity contribution is -0.140. The van der Waals surface area contributed by atoms with Gasteiger partial charge in [-0.25, -0.2) is 8.42 Å². The van der Waals surface area contributed by atoms with Crippen molar-refractivity contribution in [2.24, 2.45) is 5.92 Å². The summed E-state index contributed by atoms with van der Waals surface area (Å²) in [4.78, 5) is 30.0. The number of amides is 2. The van der Waals surface area contributed by atoms with E-state index in [4.69, 9.17) is 23.2 Å². The van der Waals surface area contributed by atoms with Gasteiger partial charge < -0.3 is 10.2 Å². The number of sulfonamides is 1. The minimum absolute atomic E-state index is 0.0267. The van der Waals surface area contributed by atoms with Crippen LogP contribution in [0.1, 0.15) is 36.1 Å². The highest BCUT2D eigenvalue weighted by molar-refractivity contribution is 7.92. The highest BCUT2D eigenvalue weighted by Gasteiger charge is 2.35. The molecule has 242 valence electrons. The molecule has 46 heavy (non-hydrogen) atoms. The van der Waals surface area contributed by atoms with E-state index in [1.165, 1.54) is 23.1 Å². The fourth-order valence-electron chi connectivity index (χ4n) is 5.01. The average molecular weight is 681 g/mol. The minimum Gasteiger partial charge on any atom is -0.354 e. The lowest BCUT2D eigenvalue weighted by atomic mass is 10.0. The van der Waals surface area contributed by atoms with E-state index in [0.717, 1.165) is 15.4 Å². The van der Waals surface area contributed by atoms with E-state index in [1.54, 1.807) is 49.4 Å². The first-order chi connectivity index (χ1) is 21.8. The number of nitrogens with zero attached hydrogens (tertiary/aromatic N) is 2. The van der Waals surface area contributed by atoms with Crippen LogP contribution in [0.3, 0.4) is 0 Å². The van der Waals surface area contributed by atoms with Crippen molar-refractivity contribution in [1.82, 2.24) is 10.2 Å². The summed E-state index contributed by atoms with van der Waals surface area (Å²) < 4.78 is 29.6. The molecule has 0 saturated carbocycles. The third-order valence-electron chi connectivity index (χ3n) is 7.53. The van der Waals surface area contributed by atoms with Crippen LogP contribution in [0.4, 0.5) is 5.69 Å². The van der Waals surface area contributed by atoms with Crippen LogP contribution in [0.5, 0.6) is 0 Å². The molecule has 10 heteroatoms. The predicted octanol–water partition coefficient (Wildman–Crippen LogP) is 7.22. The van der Waals surface area contributed by atoms with Crippen LogP contribution in [0.15, 0.2) is 102 Å². The number of rotatable bonds is 13. The smallest absolute Gasteiger partial charge is 0.264 e. The predicted molar refractivity (Wildman–Crippen MR) is 186 cm³/mol. The molecule has 0 saturated heterocycles. The van der Waals surface area contributed by atoms with E-state index in [-0.39, 0.29) is 35.4 Å². The van der Waals surface area contributed by atoms with Crippen LogP contribution >= 0.6 is 23.2 Å². The molecule has 0 heterocycles. The molecule has 7 nitrogen and oxygen atoms in total. The van der Waals surface area contributed by atoms with Gasteiger partial charge in [-0.05, 0) is 72.9 Å². The fraction of sp³-hybridized carbons (Fsp3) is 0.278. The number of carbonyl (C=O) groups excluding carboxylic acids is 2. The number of carbonyl (C=O) groups is 2. The Morgan fingerprint density at radius 3 is 2.11 bits per heavy atom. The normalized spacial score (nSPS) is 12.1. The van der Waals surface area contributed by atoms with E-state index < -0.39 is 28.5 Å². The van der Waals surface area contributed by atoms with Crippen molar-refractivity contribution in [3.8, 4) is 0 Å². The minimum atomic E-state index is -4.24. The molecule has 1 atom stereocenters. The van der Waals surface area contributed by atoms with Crippen LogP contribution < -0.4 is 9.62 Å². The number of anilines is 1. The SMILES string of the molecule is Cc1ccc(S(=O)(=O)N(CC(=O)N(Cc2cccc(Cl)c2)[C@H](Cc2ccccc2)C(=O)NCC(C)C)c2cc(Cl)ccc2C)cc1. The maximum Gasteiger partial charge on any atom is 0.264 e. The molecule has 0 aliphatic heterocycles. The van der Waals surface area contributed by atoms with Crippen molar-refractivity contribution in [3.63, 3.8) is 0 Å². The van der Waals surface area contributed by atoms with Gasteiger partial charge in [-0.3, -0.25) is 13.9 Å². The van der Waals surface area contributed by atoms with E-state index in [0.29, 0.717) is 27.7 Å². The van der Waals surface area contributed by atoms with Gasteiger partial charge in [0.2, 0.25) is 11.8 Å². The molecule has 1 N–H and O–H groups in total. The van der Waals surface area contributed by atoms with Crippen molar-refractivity contribution < 1.29 is 18.0 Å². The van der Waals surface area contributed by atoms with Gasteiger partial charge in [0.05, 0.1) is 10.6 Å². The van der Waals surface area contributed by atoms with Crippen LogP contribution in [0.2, 0.25) is 10.0 Å². The molecule has 4 rings (SSSR count). The molecule has 0 aliphatic carbocycles. The summed E-state index contributed by atoms with van der Waals surface area (Å²) in [6.07, 6.45) is 0.220. The summed E-state index contributed by atoms with van der Waals surface area (Å²) in [6.45, 7) is 7.47. The second-order valence-corrected chi connectivity index (χ2v) is 14.5. The average Bonchev–Trinajstić information content (AvgIpc) is 3.02. The van der Waals surface area contributed by atoms with E-state index in [9.17, 15) is 18.0 Å². The summed E-state index contributed by atoms with van der Waals surface area (Å²) in [5, 5.41) is 3.79. The Kier molecular flexibility index (Phi) is 11.9. The van der Waals surface area contributed by atoms with Crippen molar-refractivity contribution in [2.45, 2.75) is 51.6 Å². The summed E-state index contributed by atoms with van der Waals surface area (Å²) >= 11 is 12.7. The van der Waals surface area contributed by atoms with Crippen LogP contribution in [-0.4, -0.2) is 44.3 Å². The Morgan fingerprint density at radius 1 is 0.804 bits per heavy atom. The number of hydrogen-bond donors (Lipinski definition) is 1. The molecule has 0 bridgehead atoms. The molecule has 4 aromatic rings. The first-order valence-electron chi connectivity index (χ1n) is 15.1. The number of aryl methyl sites for hydroxylation is 2. The Bertz CT molecular complexity index is 1760. The molecular formula is C36H39Cl2N3O4S. The van der Waals surface area contributed by atoms with E-state index >= 15 is 0 Å². The van der Waals surface area contributed by atoms with Crippen molar-refractivity contribution in [2.75, 3.05) is 17.4 Å². The Hall–Kier alpha value is -3.85. The monoisotopic (exact) mass is 679 g/mol. The van der Waals surface area contributed by atoms with Crippen LogP contribution in [-0.2, 0) is 32.6 Å². The standard InChI is InChI=1S/C36H39Cl2N3O4S/c1-25(2)22-39-36(43)34(20-28-9-6-5-7-10-28)40(23-29-11-8-12-30(37)19-29)35(42)24-41(33-21-31(38)16-15-27(33)4)46(44,45)32-17-13-26(3)14-18-32/h5-19,21,25,34H,20,22-24H2,1-4H3,(H,39,43)/t34-/m1/s1. The summed E-state index contributed by atoms with van der Waals surface area (Å²) in [5.74, 6) is -0.713. The van der Waals surface area contributed by atoms with E-state index in [1.807, 2.05) is 57.2 Å². The fourth-order valence-corrected chi connectivity index (χ4v) is 6.86. The largest absolute Gasteiger partial charge is 0.354 e. The zero-order chi connectivity index (χ0) is 33.4. The number of nitrogens with one attached hydrogen (secondary N) is 1. The maximum atomic E-state index is 14.6. The maximum absolute atomic E-state index is 14.6. The molecule has 0 aromatic heterocycles. The molecule has 2 amide bonds. The lowest BCUT2D eigenvalue weighted by Crippen LogP contribution is -2.53. The van der Waals surface area contributed by atoms with Crippen molar-refractivity contribution >= 4 is 50.7 Å². The number of hydrogen-bond acceptors (Lipinski definition) is 4. The van der Waals surface area contributed by atoms with Gasteiger partial charge in [0.1, 0.15) is 12.6 Å². The molecule has 0 unspecified atom stereocenters. The van der Waals surface area contributed by atoms with Gasteiger partial charge in [0.25, 0.3) is 10.0 Å². The zero-order valence-corrected chi connectivity index (χ0v) is 28.7. The van der Waals surface area contributed by atoms with E-state index in [2.05, 4.69) is 5.32 Å². The van der Waals surface area contributed by atoms with Crippen molar-refractivity contribution in [3.05, 3.63) is 129 Å². The van der Waals surface area contributed by atoms with Gasteiger partial charge in [-0.15, -0.1) is 0 Å². The van der Waals surface area contributed by atoms with Gasteiger partial charge in [0.15, 0.2) is 0 Å². The van der Waals surface area contributed by atoms with Crippen molar-refractivity contribution in [1.29, 1.82) is 0 Å². The Balaban J connectivity index is 1.83. The zero-order valence-electron chi connectivity index (χ0n) is 26.4. The number of halogens is 2. The molecule has 0 aliphatic rings.